The molecule has 0 saturated carbocycles. The maximum atomic E-state index is 13.6. The van der Waals surface area contributed by atoms with E-state index in [1.165, 1.54) is 12.0 Å². The van der Waals surface area contributed by atoms with Crippen LogP contribution < -0.4 is 9.47 Å². The van der Waals surface area contributed by atoms with Crippen LogP contribution in [0.4, 0.5) is 0 Å². The van der Waals surface area contributed by atoms with Crippen LogP contribution in [0.5, 0.6) is 11.5 Å². The summed E-state index contributed by atoms with van der Waals surface area (Å²) < 4.78 is 18.0. The van der Waals surface area contributed by atoms with Gasteiger partial charge in [0.2, 0.25) is 0 Å². The molecule has 0 spiro atoms. The predicted molar refractivity (Wildman–Crippen MR) is 138 cm³/mol. The molecule has 190 valence electrons. The number of carbonyl (C=O) groups excluding carboxylic acids is 1. The van der Waals surface area contributed by atoms with E-state index < -0.39 is 6.10 Å². The van der Waals surface area contributed by atoms with Gasteiger partial charge in [0.25, 0.3) is 5.91 Å². The molecule has 2 aromatic carbocycles. The molecule has 2 aliphatic heterocycles. The summed E-state index contributed by atoms with van der Waals surface area (Å²) >= 11 is 0. The summed E-state index contributed by atoms with van der Waals surface area (Å²) in [4.78, 5) is 17.9. The molecule has 2 aliphatic rings. The zero-order chi connectivity index (χ0) is 24.5. The molecule has 1 atom stereocenters. The van der Waals surface area contributed by atoms with Crippen LogP contribution in [0.25, 0.3) is 0 Å². The van der Waals surface area contributed by atoms with Gasteiger partial charge in [0.15, 0.2) is 11.5 Å². The van der Waals surface area contributed by atoms with Crippen LogP contribution in [0.3, 0.4) is 0 Å². The monoisotopic (exact) mass is 480 g/mol. The molecule has 1 amide bonds. The van der Waals surface area contributed by atoms with Crippen molar-refractivity contribution < 1.29 is 19.0 Å². The Morgan fingerprint density at radius 2 is 1.69 bits per heavy atom. The van der Waals surface area contributed by atoms with Crippen molar-refractivity contribution in [2.45, 2.75) is 58.7 Å². The third-order valence-corrected chi connectivity index (χ3v) is 6.51. The maximum Gasteiger partial charge on any atom is 0.253 e. The number of fused-ring (bicyclic) bond motifs is 1. The lowest BCUT2D eigenvalue weighted by atomic mass is 10.1. The van der Waals surface area contributed by atoms with Crippen molar-refractivity contribution in [2.24, 2.45) is 5.92 Å². The van der Waals surface area contributed by atoms with Gasteiger partial charge in [-0.1, -0.05) is 50.2 Å². The summed E-state index contributed by atoms with van der Waals surface area (Å²) in [5.74, 6) is 2.00. The number of hydrogen-bond acceptors (Lipinski definition) is 5. The molecule has 6 nitrogen and oxygen atoms in total. The molecule has 35 heavy (non-hydrogen) atoms. The Labute approximate surface area is 210 Å². The molecule has 1 fully saturated rings. The van der Waals surface area contributed by atoms with Crippen molar-refractivity contribution in [2.75, 3.05) is 39.5 Å². The standard InChI is InChI=1S/C29H40N2O4/c1-23(2)19-31(21-25-12-13-26-27(18-25)34-16-9-4-3-8-15-33-26)29(32)28-22-30(14-17-35-28)20-24-10-6-5-7-11-24/h5-7,10-13,18,23,28H,3-4,8-9,14-17,19-22H2,1-2H3. The summed E-state index contributed by atoms with van der Waals surface area (Å²) in [6, 6.07) is 16.5. The molecule has 4 rings (SSSR count). The molecule has 0 aliphatic carbocycles. The Morgan fingerprint density at radius 3 is 2.43 bits per heavy atom. The molecule has 2 heterocycles. The lowest BCUT2D eigenvalue weighted by Gasteiger charge is -2.35. The molecule has 1 unspecified atom stereocenters. The highest BCUT2D eigenvalue weighted by Gasteiger charge is 2.31. The topological polar surface area (TPSA) is 51.2 Å². The summed E-state index contributed by atoms with van der Waals surface area (Å²) in [6.45, 7) is 9.78. The van der Waals surface area contributed by atoms with Gasteiger partial charge in [-0.15, -0.1) is 0 Å². The van der Waals surface area contributed by atoms with Gasteiger partial charge in [0, 0.05) is 32.7 Å². The number of benzene rings is 2. The second-order valence-corrected chi connectivity index (χ2v) is 10.1. The van der Waals surface area contributed by atoms with E-state index >= 15 is 0 Å². The van der Waals surface area contributed by atoms with Crippen LogP contribution in [0.2, 0.25) is 0 Å². The van der Waals surface area contributed by atoms with Crippen molar-refractivity contribution in [1.29, 1.82) is 0 Å². The van der Waals surface area contributed by atoms with Gasteiger partial charge in [-0.05, 0) is 54.9 Å². The second-order valence-electron chi connectivity index (χ2n) is 10.1. The van der Waals surface area contributed by atoms with Gasteiger partial charge >= 0.3 is 0 Å². The Morgan fingerprint density at radius 1 is 0.943 bits per heavy atom. The van der Waals surface area contributed by atoms with E-state index in [0.29, 0.717) is 45.4 Å². The van der Waals surface area contributed by atoms with Gasteiger partial charge in [-0.3, -0.25) is 9.69 Å². The molecule has 0 radical (unpaired) electrons. The van der Waals surface area contributed by atoms with Gasteiger partial charge in [-0.2, -0.15) is 0 Å². The zero-order valence-electron chi connectivity index (χ0n) is 21.3. The van der Waals surface area contributed by atoms with Crippen LogP contribution in [0.1, 0.15) is 50.7 Å². The van der Waals surface area contributed by atoms with E-state index in [4.69, 9.17) is 14.2 Å². The van der Waals surface area contributed by atoms with E-state index in [2.05, 4.69) is 49.1 Å². The minimum absolute atomic E-state index is 0.0636. The SMILES string of the molecule is CC(C)CN(Cc1ccc2c(c1)OCCCCCCO2)C(=O)C1CN(Cc2ccccc2)CCO1. The first-order valence-corrected chi connectivity index (χ1v) is 13.1. The third kappa shape index (κ3) is 7.71. The number of morpholine rings is 1. The number of carbonyl (C=O) groups is 1. The minimum atomic E-state index is -0.442. The zero-order valence-corrected chi connectivity index (χ0v) is 21.3. The first-order valence-electron chi connectivity index (χ1n) is 13.1. The minimum Gasteiger partial charge on any atom is -0.490 e. The van der Waals surface area contributed by atoms with Crippen molar-refractivity contribution in [1.82, 2.24) is 9.80 Å². The molecule has 0 aromatic heterocycles. The summed E-state index contributed by atoms with van der Waals surface area (Å²) in [7, 11) is 0. The van der Waals surface area contributed by atoms with Crippen LogP contribution in [0, 0.1) is 5.92 Å². The number of rotatable bonds is 7. The van der Waals surface area contributed by atoms with Crippen molar-refractivity contribution in [3.8, 4) is 11.5 Å². The van der Waals surface area contributed by atoms with E-state index in [9.17, 15) is 4.79 Å². The quantitative estimate of drug-likeness (QED) is 0.564. The average molecular weight is 481 g/mol. The van der Waals surface area contributed by atoms with Gasteiger partial charge < -0.3 is 19.1 Å². The highest BCUT2D eigenvalue weighted by Crippen LogP contribution is 2.30. The smallest absolute Gasteiger partial charge is 0.253 e. The fraction of sp³-hybridized carbons (Fsp3) is 0.552. The molecule has 6 heteroatoms. The summed E-state index contributed by atoms with van der Waals surface area (Å²) in [5.41, 5.74) is 2.31. The normalized spacial score (nSPS) is 19.3. The summed E-state index contributed by atoms with van der Waals surface area (Å²) in [5, 5.41) is 0. The Balaban J connectivity index is 1.44. The molecule has 1 saturated heterocycles. The van der Waals surface area contributed by atoms with Gasteiger partial charge in [0.05, 0.1) is 19.8 Å². The molecule has 0 bridgehead atoms. The van der Waals surface area contributed by atoms with Crippen LogP contribution >= 0.6 is 0 Å². The second kappa shape index (κ2) is 12.9. The highest BCUT2D eigenvalue weighted by atomic mass is 16.5. The Hall–Kier alpha value is -2.57. The Bertz CT molecular complexity index is 934. The van der Waals surface area contributed by atoms with Crippen LogP contribution in [-0.4, -0.2) is 61.3 Å². The van der Waals surface area contributed by atoms with Crippen molar-refractivity contribution in [3.63, 3.8) is 0 Å². The predicted octanol–water partition coefficient (Wildman–Crippen LogP) is 4.90. The van der Waals surface area contributed by atoms with Gasteiger partial charge in [-0.25, -0.2) is 0 Å². The lowest BCUT2D eigenvalue weighted by molar-refractivity contribution is -0.151. The average Bonchev–Trinajstić information content (AvgIpc) is 2.86. The van der Waals surface area contributed by atoms with E-state index in [1.54, 1.807) is 0 Å². The highest BCUT2D eigenvalue weighted by molar-refractivity contribution is 5.81. The number of amides is 1. The van der Waals surface area contributed by atoms with Gasteiger partial charge in [0.1, 0.15) is 6.10 Å². The van der Waals surface area contributed by atoms with Crippen LogP contribution in [-0.2, 0) is 22.6 Å². The first-order chi connectivity index (χ1) is 17.1. The third-order valence-electron chi connectivity index (χ3n) is 6.51. The molecular weight excluding hydrogens is 440 g/mol. The lowest BCUT2D eigenvalue weighted by Crippen LogP contribution is -2.51. The summed E-state index contributed by atoms with van der Waals surface area (Å²) in [6.07, 6.45) is 4.02. The largest absolute Gasteiger partial charge is 0.490 e. The fourth-order valence-electron chi connectivity index (χ4n) is 4.74. The van der Waals surface area contributed by atoms with E-state index in [1.807, 2.05) is 23.1 Å². The fourth-order valence-corrected chi connectivity index (χ4v) is 4.74. The Kier molecular flexibility index (Phi) is 9.43. The molecular formula is C29H40N2O4. The number of ether oxygens (including phenoxy) is 3. The first kappa shape index (κ1) is 25.5. The van der Waals surface area contributed by atoms with E-state index in [-0.39, 0.29) is 5.91 Å². The van der Waals surface area contributed by atoms with E-state index in [0.717, 1.165) is 49.4 Å². The van der Waals surface area contributed by atoms with Crippen molar-refractivity contribution >= 4 is 5.91 Å². The van der Waals surface area contributed by atoms with Crippen molar-refractivity contribution in [3.05, 3.63) is 59.7 Å². The number of hydrogen-bond donors (Lipinski definition) is 0. The maximum absolute atomic E-state index is 13.6. The number of nitrogens with zero attached hydrogens (tertiary/aromatic N) is 2. The van der Waals surface area contributed by atoms with Crippen LogP contribution in [0.15, 0.2) is 48.5 Å². The molecule has 0 N–H and O–H groups in total. The molecule has 2 aromatic rings.